The molecular weight excluding hydrogens is 236 g/mol. The van der Waals surface area contributed by atoms with Crippen LogP contribution in [0.25, 0.3) is 0 Å². The molecule has 0 aromatic heterocycles. The van der Waals surface area contributed by atoms with Gasteiger partial charge in [-0.1, -0.05) is 17.7 Å². The van der Waals surface area contributed by atoms with Crippen molar-refractivity contribution in [3.63, 3.8) is 0 Å². The monoisotopic (exact) mass is 248 g/mol. The minimum Gasteiger partial charge on any atom is -0.396 e. The lowest BCUT2D eigenvalue weighted by atomic mass is 10.1. The summed E-state index contributed by atoms with van der Waals surface area (Å²) in [6.07, 6.45) is 2.24. The Labute approximate surface area is 94.6 Å². The molecule has 0 radical (unpaired) electrons. The summed E-state index contributed by atoms with van der Waals surface area (Å²) in [5.41, 5.74) is 0.705. The first-order valence-corrected chi connectivity index (χ1v) is 6.81. The van der Waals surface area contributed by atoms with E-state index < -0.39 is 9.84 Å². The van der Waals surface area contributed by atoms with Crippen molar-refractivity contribution in [2.24, 2.45) is 0 Å². The third kappa shape index (κ3) is 3.48. The maximum atomic E-state index is 11.4. The molecule has 1 N–H and O–H groups in total. The van der Waals surface area contributed by atoms with E-state index in [-0.39, 0.29) is 11.5 Å². The second-order valence-electron chi connectivity index (χ2n) is 3.35. The highest BCUT2D eigenvalue weighted by atomic mass is 35.5. The highest BCUT2D eigenvalue weighted by Gasteiger charge is 2.13. The zero-order valence-corrected chi connectivity index (χ0v) is 9.98. The molecule has 0 saturated heterocycles. The molecule has 84 valence electrons. The van der Waals surface area contributed by atoms with E-state index in [0.717, 1.165) is 6.26 Å². The Bertz CT molecular complexity index is 440. The standard InChI is InChI=1S/C10H13ClO3S/c1-15(13,14)10-7-9(11)5-4-8(10)3-2-6-12/h4-5,7,12H,2-3,6H2,1H3. The number of sulfone groups is 1. The molecule has 0 heterocycles. The Morgan fingerprint density at radius 2 is 2.07 bits per heavy atom. The predicted octanol–water partition coefficient (Wildman–Crippen LogP) is 1.67. The number of rotatable bonds is 4. The smallest absolute Gasteiger partial charge is 0.175 e. The van der Waals surface area contributed by atoms with Gasteiger partial charge < -0.3 is 5.11 Å². The molecule has 0 spiro atoms. The SMILES string of the molecule is CS(=O)(=O)c1cc(Cl)ccc1CCCO. The van der Waals surface area contributed by atoms with Crippen LogP contribution in [-0.4, -0.2) is 26.4 Å². The molecule has 0 aliphatic carbocycles. The van der Waals surface area contributed by atoms with E-state index in [1.807, 2.05) is 0 Å². The number of aliphatic hydroxyl groups excluding tert-OH is 1. The van der Waals surface area contributed by atoms with Gasteiger partial charge in [0, 0.05) is 17.9 Å². The summed E-state index contributed by atoms with van der Waals surface area (Å²) < 4.78 is 22.9. The average Bonchev–Trinajstić information content (AvgIpc) is 2.14. The van der Waals surface area contributed by atoms with Crippen molar-refractivity contribution in [1.82, 2.24) is 0 Å². The minimum absolute atomic E-state index is 0.0474. The Hall–Kier alpha value is -0.580. The van der Waals surface area contributed by atoms with Gasteiger partial charge in [-0.15, -0.1) is 0 Å². The van der Waals surface area contributed by atoms with Crippen LogP contribution >= 0.6 is 11.6 Å². The molecule has 0 saturated carbocycles. The first kappa shape index (κ1) is 12.5. The molecular formula is C10H13ClO3S. The van der Waals surface area contributed by atoms with Gasteiger partial charge in [-0.05, 0) is 30.5 Å². The van der Waals surface area contributed by atoms with Gasteiger partial charge in [0.1, 0.15) is 0 Å². The zero-order valence-electron chi connectivity index (χ0n) is 8.40. The summed E-state index contributed by atoms with van der Waals surface area (Å²) in [7, 11) is -3.25. The van der Waals surface area contributed by atoms with Crippen molar-refractivity contribution in [2.75, 3.05) is 12.9 Å². The van der Waals surface area contributed by atoms with Gasteiger partial charge >= 0.3 is 0 Å². The molecule has 0 bridgehead atoms. The predicted molar refractivity (Wildman–Crippen MR) is 60.0 cm³/mol. The van der Waals surface area contributed by atoms with Crippen molar-refractivity contribution in [1.29, 1.82) is 0 Å². The lowest BCUT2D eigenvalue weighted by molar-refractivity contribution is 0.288. The second kappa shape index (κ2) is 4.96. The fourth-order valence-electron chi connectivity index (χ4n) is 1.35. The number of hydrogen-bond donors (Lipinski definition) is 1. The third-order valence-corrected chi connectivity index (χ3v) is 3.45. The molecule has 15 heavy (non-hydrogen) atoms. The Morgan fingerprint density at radius 3 is 2.60 bits per heavy atom. The molecule has 3 nitrogen and oxygen atoms in total. The van der Waals surface area contributed by atoms with Crippen molar-refractivity contribution < 1.29 is 13.5 Å². The summed E-state index contributed by atoms with van der Waals surface area (Å²) in [4.78, 5) is 0.253. The maximum Gasteiger partial charge on any atom is 0.175 e. The second-order valence-corrected chi connectivity index (χ2v) is 5.77. The van der Waals surface area contributed by atoms with E-state index in [2.05, 4.69) is 0 Å². The van der Waals surface area contributed by atoms with Crippen LogP contribution in [0, 0.1) is 0 Å². The molecule has 0 amide bonds. The van der Waals surface area contributed by atoms with E-state index in [9.17, 15) is 8.42 Å². The van der Waals surface area contributed by atoms with E-state index in [4.69, 9.17) is 16.7 Å². The van der Waals surface area contributed by atoms with Crippen LogP contribution in [0.4, 0.5) is 0 Å². The molecule has 1 aromatic rings. The molecule has 1 aromatic carbocycles. The number of halogens is 1. The van der Waals surface area contributed by atoms with Crippen LogP contribution in [-0.2, 0) is 16.3 Å². The van der Waals surface area contributed by atoms with Gasteiger partial charge in [-0.2, -0.15) is 0 Å². The Morgan fingerprint density at radius 1 is 1.40 bits per heavy atom. The van der Waals surface area contributed by atoms with Crippen LogP contribution < -0.4 is 0 Å². The van der Waals surface area contributed by atoms with Crippen molar-refractivity contribution >= 4 is 21.4 Å². The van der Waals surface area contributed by atoms with Gasteiger partial charge in [0.05, 0.1) is 4.90 Å². The van der Waals surface area contributed by atoms with Gasteiger partial charge in [-0.3, -0.25) is 0 Å². The summed E-state index contributed by atoms with van der Waals surface area (Å²) >= 11 is 5.74. The quantitative estimate of drug-likeness (QED) is 0.882. The lowest BCUT2D eigenvalue weighted by Gasteiger charge is -2.07. The third-order valence-electron chi connectivity index (χ3n) is 2.03. The van der Waals surface area contributed by atoms with Gasteiger partial charge in [0.2, 0.25) is 0 Å². The minimum atomic E-state index is -3.25. The lowest BCUT2D eigenvalue weighted by Crippen LogP contribution is -2.03. The Balaban J connectivity index is 3.15. The molecule has 0 unspecified atom stereocenters. The zero-order chi connectivity index (χ0) is 11.5. The molecule has 0 fully saturated rings. The number of benzene rings is 1. The van der Waals surface area contributed by atoms with Gasteiger partial charge in [-0.25, -0.2) is 8.42 Å². The number of hydrogen-bond acceptors (Lipinski definition) is 3. The van der Waals surface area contributed by atoms with Crippen LogP contribution in [0.2, 0.25) is 5.02 Å². The summed E-state index contributed by atoms with van der Waals surface area (Å²) in [6.45, 7) is 0.0474. The fourth-order valence-corrected chi connectivity index (χ4v) is 2.57. The van der Waals surface area contributed by atoms with Crippen LogP contribution in [0.3, 0.4) is 0 Å². The van der Waals surface area contributed by atoms with Crippen molar-refractivity contribution in [3.05, 3.63) is 28.8 Å². The van der Waals surface area contributed by atoms with Gasteiger partial charge in [0.15, 0.2) is 9.84 Å². The van der Waals surface area contributed by atoms with E-state index in [1.165, 1.54) is 6.07 Å². The van der Waals surface area contributed by atoms with Crippen molar-refractivity contribution in [3.8, 4) is 0 Å². The maximum absolute atomic E-state index is 11.4. The van der Waals surface area contributed by atoms with Crippen LogP contribution in [0.5, 0.6) is 0 Å². The highest BCUT2D eigenvalue weighted by molar-refractivity contribution is 7.90. The van der Waals surface area contributed by atoms with Crippen LogP contribution in [0.15, 0.2) is 23.1 Å². The molecule has 5 heteroatoms. The molecule has 0 aliphatic rings. The van der Waals surface area contributed by atoms with E-state index >= 15 is 0 Å². The summed E-state index contributed by atoms with van der Waals surface area (Å²) in [5, 5.41) is 9.11. The molecule has 0 aliphatic heterocycles. The molecule has 0 atom stereocenters. The topological polar surface area (TPSA) is 54.4 Å². The fraction of sp³-hybridized carbons (Fsp3) is 0.400. The first-order chi connectivity index (χ1) is 6.95. The van der Waals surface area contributed by atoms with E-state index in [0.29, 0.717) is 23.4 Å². The largest absolute Gasteiger partial charge is 0.396 e. The highest BCUT2D eigenvalue weighted by Crippen LogP contribution is 2.21. The molecule has 1 rings (SSSR count). The van der Waals surface area contributed by atoms with Crippen LogP contribution in [0.1, 0.15) is 12.0 Å². The Kier molecular flexibility index (Phi) is 4.13. The summed E-state index contributed by atoms with van der Waals surface area (Å²) in [6, 6.07) is 4.79. The first-order valence-electron chi connectivity index (χ1n) is 4.54. The number of aliphatic hydroxyl groups is 1. The normalized spacial score (nSPS) is 11.7. The summed E-state index contributed by atoms with van der Waals surface area (Å²) in [5.74, 6) is 0. The average molecular weight is 249 g/mol. The van der Waals surface area contributed by atoms with E-state index in [1.54, 1.807) is 12.1 Å². The number of aryl methyl sites for hydroxylation is 1. The van der Waals surface area contributed by atoms with Crippen molar-refractivity contribution in [2.45, 2.75) is 17.7 Å². The van der Waals surface area contributed by atoms with Gasteiger partial charge in [0.25, 0.3) is 0 Å².